The van der Waals surface area contributed by atoms with Crippen molar-refractivity contribution < 1.29 is 19.4 Å². The average molecular weight is 224 g/mol. The van der Waals surface area contributed by atoms with E-state index in [4.69, 9.17) is 5.11 Å². The summed E-state index contributed by atoms with van der Waals surface area (Å²) in [5, 5.41) is 13.4. The molecule has 1 aromatic rings. The van der Waals surface area contributed by atoms with Gasteiger partial charge < -0.3 is 15.2 Å². The van der Waals surface area contributed by atoms with E-state index in [-0.39, 0.29) is 0 Å². The lowest BCUT2D eigenvalue weighted by Crippen LogP contribution is -2.15. The molecule has 0 saturated carbocycles. The molecule has 0 unspecified atom stereocenters. The number of hydrogen-bond acceptors (Lipinski definition) is 4. The molecule has 1 rings (SSSR count). The van der Waals surface area contributed by atoms with Crippen LogP contribution >= 0.6 is 0 Å². The van der Waals surface area contributed by atoms with E-state index in [9.17, 15) is 9.59 Å². The first-order valence-electron chi connectivity index (χ1n) is 4.51. The number of nitrogens with one attached hydrogen (secondary N) is 2. The zero-order chi connectivity index (χ0) is 12.0. The van der Waals surface area contributed by atoms with E-state index in [0.717, 1.165) is 0 Å². The van der Waals surface area contributed by atoms with Crippen molar-refractivity contribution >= 4 is 23.4 Å². The Morgan fingerprint density at radius 1 is 1.19 bits per heavy atom. The fourth-order valence-electron chi connectivity index (χ4n) is 1.01. The molecule has 0 bridgehead atoms. The predicted octanol–water partition coefficient (Wildman–Crippen LogP) is 0.796. The van der Waals surface area contributed by atoms with Crippen molar-refractivity contribution in [1.29, 1.82) is 0 Å². The van der Waals surface area contributed by atoms with Gasteiger partial charge in [-0.15, -0.1) is 0 Å². The van der Waals surface area contributed by atoms with Crippen LogP contribution in [0.2, 0.25) is 0 Å². The number of ether oxygens (including phenoxy) is 1. The van der Waals surface area contributed by atoms with Crippen LogP contribution in [-0.2, 0) is 9.53 Å². The van der Waals surface area contributed by atoms with E-state index in [1.54, 1.807) is 24.3 Å². The Hall–Kier alpha value is -2.08. The van der Waals surface area contributed by atoms with Crippen molar-refractivity contribution in [3.8, 4) is 0 Å². The molecule has 0 spiro atoms. The zero-order valence-electron chi connectivity index (χ0n) is 8.69. The molecule has 0 heterocycles. The number of hydrogen-bond donors (Lipinski definition) is 3. The lowest BCUT2D eigenvalue weighted by Gasteiger charge is -2.06. The van der Waals surface area contributed by atoms with Gasteiger partial charge in [-0.1, -0.05) is 0 Å². The van der Waals surface area contributed by atoms with Gasteiger partial charge in [0, 0.05) is 11.4 Å². The van der Waals surface area contributed by atoms with E-state index in [1.165, 1.54) is 7.11 Å². The van der Waals surface area contributed by atoms with Crippen LogP contribution in [0.15, 0.2) is 24.3 Å². The molecule has 6 nitrogen and oxygen atoms in total. The second-order valence-corrected chi connectivity index (χ2v) is 2.90. The summed E-state index contributed by atoms with van der Waals surface area (Å²) in [4.78, 5) is 21.7. The standard InChI is InChI=1S/C10H12N2O4/c1-16-10(15)12-8-4-2-7(3-5-8)11-9(14)6-13/h2-5,13H,6H2,1H3,(H,11,14)(H,12,15). The summed E-state index contributed by atoms with van der Waals surface area (Å²) in [5.41, 5.74) is 1.09. The second kappa shape index (κ2) is 5.72. The quantitative estimate of drug-likeness (QED) is 0.708. The van der Waals surface area contributed by atoms with Gasteiger partial charge >= 0.3 is 6.09 Å². The fraction of sp³-hybridized carbons (Fsp3) is 0.200. The highest BCUT2D eigenvalue weighted by molar-refractivity contribution is 5.92. The largest absolute Gasteiger partial charge is 0.453 e. The van der Waals surface area contributed by atoms with Crippen molar-refractivity contribution in [2.45, 2.75) is 0 Å². The number of benzene rings is 1. The molecule has 0 aliphatic carbocycles. The fourth-order valence-corrected chi connectivity index (χ4v) is 1.01. The highest BCUT2D eigenvalue weighted by atomic mass is 16.5. The summed E-state index contributed by atoms with van der Waals surface area (Å²) >= 11 is 0. The number of aliphatic hydroxyl groups is 1. The normalized spacial score (nSPS) is 9.38. The van der Waals surface area contributed by atoms with Gasteiger partial charge in [0.25, 0.3) is 0 Å². The van der Waals surface area contributed by atoms with E-state index < -0.39 is 18.6 Å². The molecule has 3 N–H and O–H groups in total. The molecule has 0 aliphatic rings. The maximum atomic E-state index is 10.9. The third-order valence-corrected chi connectivity index (χ3v) is 1.74. The lowest BCUT2D eigenvalue weighted by atomic mass is 10.3. The molecule has 0 saturated heterocycles. The maximum Gasteiger partial charge on any atom is 0.411 e. The summed E-state index contributed by atoms with van der Waals surface area (Å²) < 4.78 is 4.41. The summed E-state index contributed by atoms with van der Waals surface area (Å²) in [7, 11) is 1.27. The van der Waals surface area contributed by atoms with Crippen LogP contribution in [0, 0.1) is 0 Å². The third kappa shape index (κ3) is 3.58. The summed E-state index contributed by atoms with van der Waals surface area (Å²) in [6.45, 7) is -0.567. The molecule has 0 atom stereocenters. The van der Waals surface area contributed by atoms with E-state index >= 15 is 0 Å². The van der Waals surface area contributed by atoms with Gasteiger partial charge in [-0.25, -0.2) is 4.79 Å². The molecule has 0 aliphatic heterocycles. The van der Waals surface area contributed by atoms with Gasteiger partial charge in [0.15, 0.2) is 0 Å². The number of carbonyl (C=O) groups excluding carboxylic acids is 2. The number of methoxy groups -OCH3 is 1. The summed E-state index contributed by atoms with van der Waals surface area (Å²) in [5.74, 6) is -0.492. The highest BCUT2D eigenvalue weighted by Gasteiger charge is 2.02. The van der Waals surface area contributed by atoms with Crippen LogP contribution in [0.3, 0.4) is 0 Å². The molecular formula is C10H12N2O4. The van der Waals surface area contributed by atoms with Crippen molar-refractivity contribution in [3.63, 3.8) is 0 Å². The Kier molecular flexibility index (Phi) is 4.28. The summed E-state index contributed by atoms with van der Waals surface area (Å²) in [6, 6.07) is 6.39. The van der Waals surface area contributed by atoms with Gasteiger partial charge in [0.05, 0.1) is 7.11 Å². The number of aliphatic hydroxyl groups excluding tert-OH is 1. The molecule has 86 valence electrons. The van der Waals surface area contributed by atoms with Gasteiger partial charge in [-0.2, -0.15) is 0 Å². The van der Waals surface area contributed by atoms with E-state index in [2.05, 4.69) is 15.4 Å². The maximum absolute atomic E-state index is 10.9. The van der Waals surface area contributed by atoms with Crippen LogP contribution in [-0.4, -0.2) is 30.8 Å². The van der Waals surface area contributed by atoms with Gasteiger partial charge in [-0.05, 0) is 24.3 Å². The van der Waals surface area contributed by atoms with Crippen molar-refractivity contribution in [2.24, 2.45) is 0 Å². The smallest absolute Gasteiger partial charge is 0.411 e. The molecule has 1 aromatic carbocycles. The molecule has 6 heteroatoms. The summed E-state index contributed by atoms with van der Waals surface area (Å²) in [6.07, 6.45) is -0.563. The van der Waals surface area contributed by atoms with E-state index in [1.807, 2.05) is 0 Å². The monoisotopic (exact) mass is 224 g/mol. The number of anilines is 2. The first kappa shape index (κ1) is 12.0. The predicted molar refractivity (Wildman–Crippen MR) is 58.2 cm³/mol. The van der Waals surface area contributed by atoms with Crippen molar-refractivity contribution in [3.05, 3.63) is 24.3 Å². The highest BCUT2D eigenvalue weighted by Crippen LogP contribution is 2.13. The minimum Gasteiger partial charge on any atom is -0.453 e. The minimum atomic E-state index is -0.567. The first-order valence-corrected chi connectivity index (χ1v) is 4.51. The van der Waals surface area contributed by atoms with Crippen molar-refractivity contribution in [2.75, 3.05) is 24.4 Å². The topological polar surface area (TPSA) is 87.7 Å². The van der Waals surface area contributed by atoms with Crippen LogP contribution in [0.1, 0.15) is 0 Å². The van der Waals surface area contributed by atoms with Crippen LogP contribution in [0.25, 0.3) is 0 Å². The van der Waals surface area contributed by atoms with Crippen LogP contribution in [0.5, 0.6) is 0 Å². The SMILES string of the molecule is COC(=O)Nc1ccc(NC(=O)CO)cc1. The van der Waals surface area contributed by atoms with Crippen molar-refractivity contribution in [1.82, 2.24) is 0 Å². The Bertz CT molecular complexity index is 338. The van der Waals surface area contributed by atoms with Gasteiger partial charge in [0.2, 0.25) is 5.91 Å². The Labute approximate surface area is 92.2 Å². The molecule has 2 amide bonds. The van der Waals surface area contributed by atoms with Gasteiger partial charge in [-0.3, -0.25) is 10.1 Å². The molecule has 0 fully saturated rings. The Morgan fingerprint density at radius 2 is 1.69 bits per heavy atom. The molecule has 16 heavy (non-hydrogen) atoms. The molecule has 0 aromatic heterocycles. The average Bonchev–Trinajstić information content (AvgIpc) is 2.31. The molecule has 0 radical (unpaired) electrons. The first-order chi connectivity index (χ1) is 7.65. The number of carbonyl (C=O) groups is 2. The lowest BCUT2D eigenvalue weighted by molar-refractivity contribution is -0.118. The van der Waals surface area contributed by atoms with Crippen LogP contribution in [0.4, 0.5) is 16.2 Å². The zero-order valence-corrected chi connectivity index (χ0v) is 8.69. The van der Waals surface area contributed by atoms with Crippen LogP contribution < -0.4 is 10.6 Å². The second-order valence-electron chi connectivity index (χ2n) is 2.90. The third-order valence-electron chi connectivity index (χ3n) is 1.74. The Morgan fingerprint density at radius 3 is 2.12 bits per heavy atom. The minimum absolute atomic E-state index is 0.492. The number of amides is 2. The molecular weight excluding hydrogens is 212 g/mol. The Balaban J connectivity index is 2.60. The van der Waals surface area contributed by atoms with E-state index in [0.29, 0.717) is 11.4 Å². The number of rotatable bonds is 3. The van der Waals surface area contributed by atoms with Gasteiger partial charge in [0.1, 0.15) is 6.61 Å².